The molecule has 1 aromatic carbocycles. The maximum atomic E-state index is 13.0. The Labute approximate surface area is 163 Å². The van der Waals surface area contributed by atoms with Crippen LogP contribution in [0.25, 0.3) is 11.4 Å². The van der Waals surface area contributed by atoms with E-state index in [-0.39, 0.29) is 11.8 Å². The minimum atomic E-state index is 0.148. The standard InChI is InChI=1S/C21H24N4OS/c1-3-17-14(2)12-18(27-17)21(26)25-11-7-10-16(13-25)20-22-19(23-24-20)15-8-5-4-6-9-15/h4-6,8-9,12,16H,3,7,10-11,13H2,1-2H3,(H,22,23,24)/t16-/m0/s1. The van der Waals surface area contributed by atoms with Gasteiger partial charge < -0.3 is 4.90 Å². The fraction of sp³-hybridized carbons (Fsp3) is 0.381. The summed E-state index contributed by atoms with van der Waals surface area (Å²) in [5, 5.41) is 7.48. The molecule has 1 atom stereocenters. The number of thiophene rings is 1. The van der Waals surface area contributed by atoms with E-state index in [9.17, 15) is 4.79 Å². The SMILES string of the molecule is CCc1sc(C(=O)N2CCC[C@H](c3nc(-c4ccccc4)n[nH]3)C2)cc1C. The number of aryl methyl sites for hydroxylation is 2. The fourth-order valence-electron chi connectivity index (χ4n) is 3.69. The van der Waals surface area contributed by atoms with Gasteiger partial charge in [-0.25, -0.2) is 4.98 Å². The number of benzene rings is 1. The van der Waals surface area contributed by atoms with E-state index in [1.54, 1.807) is 11.3 Å². The second-order valence-electron chi connectivity index (χ2n) is 7.07. The van der Waals surface area contributed by atoms with Crippen LogP contribution in [0.5, 0.6) is 0 Å². The maximum Gasteiger partial charge on any atom is 0.263 e. The van der Waals surface area contributed by atoms with Crippen molar-refractivity contribution >= 4 is 17.2 Å². The highest BCUT2D eigenvalue weighted by molar-refractivity contribution is 7.14. The highest BCUT2D eigenvalue weighted by Crippen LogP contribution is 2.29. The molecule has 4 rings (SSSR count). The Hall–Kier alpha value is -2.47. The summed E-state index contributed by atoms with van der Waals surface area (Å²) in [5.41, 5.74) is 2.23. The van der Waals surface area contributed by atoms with Gasteiger partial charge in [-0.2, -0.15) is 5.10 Å². The van der Waals surface area contributed by atoms with Crippen molar-refractivity contribution in [2.24, 2.45) is 0 Å². The number of hydrogen-bond donors (Lipinski definition) is 1. The summed E-state index contributed by atoms with van der Waals surface area (Å²) in [7, 11) is 0. The first-order chi connectivity index (χ1) is 13.2. The molecule has 0 bridgehead atoms. The minimum absolute atomic E-state index is 0.148. The Balaban J connectivity index is 1.49. The number of hydrogen-bond acceptors (Lipinski definition) is 4. The Kier molecular flexibility index (Phi) is 5.07. The number of amides is 1. The van der Waals surface area contributed by atoms with E-state index in [0.717, 1.165) is 47.9 Å². The number of piperidine rings is 1. The number of carbonyl (C=O) groups excluding carboxylic acids is 1. The molecule has 1 saturated heterocycles. The molecule has 140 valence electrons. The molecule has 3 aromatic rings. The molecule has 0 aliphatic carbocycles. The van der Waals surface area contributed by atoms with Crippen LogP contribution in [-0.2, 0) is 6.42 Å². The van der Waals surface area contributed by atoms with Gasteiger partial charge in [0, 0.05) is 29.4 Å². The normalized spacial score (nSPS) is 17.3. The molecule has 5 nitrogen and oxygen atoms in total. The number of rotatable bonds is 4. The minimum Gasteiger partial charge on any atom is -0.337 e. The second kappa shape index (κ2) is 7.64. The van der Waals surface area contributed by atoms with Gasteiger partial charge in [-0.15, -0.1) is 11.3 Å². The van der Waals surface area contributed by atoms with E-state index < -0.39 is 0 Å². The third-order valence-electron chi connectivity index (χ3n) is 5.18. The lowest BCUT2D eigenvalue weighted by atomic mass is 9.97. The van der Waals surface area contributed by atoms with Gasteiger partial charge in [0.15, 0.2) is 5.82 Å². The largest absolute Gasteiger partial charge is 0.337 e. The molecule has 0 saturated carbocycles. The molecule has 0 radical (unpaired) electrons. The Bertz CT molecular complexity index is 931. The third kappa shape index (κ3) is 3.67. The van der Waals surface area contributed by atoms with Gasteiger partial charge >= 0.3 is 0 Å². The van der Waals surface area contributed by atoms with Crippen molar-refractivity contribution in [3.8, 4) is 11.4 Å². The molecule has 6 heteroatoms. The summed E-state index contributed by atoms with van der Waals surface area (Å²) in [6, 6.07) is 12.0. The third-order valence-corrected chi connectivity index (χ3v) is 6.55. The Morgan fingerprint density at radius 2 is 2.15 bits per heavy atom. The monoisotopic (exact) mass is 380 g/mol. The van der Waals surface area contributed by atoms with Crippen molar-refractivity contribution in [1.29, 1.82) is 0 Å². The van der Waals surface area contributed by atoms with E-state index >= 15 is 0 Å². The first-order valence-corrected chi connectivity index (χ1v) is 10.3. The second-order valence-corrected chi connectivity index (χ2v) is 8.21. The molecule has 0 spiro atoms. The molecule has 1 N–H and O–H groups in total. The molecule has 27 heavy (non-hydrogen) atoms. The lowest BCUT2D eigenvalue weighted by Crippen LogP contribution is -2.39. The number of carbonyl (C=O) groups is 1. The first kappa shape index (κ1) is 17.9. The van der Waals surface area contributed by atoms with Crippen LogP contribution in [0, 0.1) is 6.92 Å². The molecule has 2 aromatic heterocycles. The van der Waals surface area contributed by atoms with E-state index in [1.165, 1.54) is 10.4 Å². The molecule has 1 aliphatic heterocycles. The highest BCUT2D eigenvalue weighted by atomic mass is 32.1. The molecule has 1 aliphatic rings. The van der Waals surface area contributed by atoms with Gasteiger partial charge in [0.25, 0.3) is 5.91 Å². The van der Waals surface area contributed by atoms with E-state index in [1.807, 2.05) is 41.3 Å². The summed E-state index contributed by atoms with van der Waals surface area (Å²) >= 11 is 1.63. The number of aromatic nitrogens is 3. The van der Waals surface area contributed by atoms with Crippen LogP contribution in [0.15, 0.2) is 36.4 Å². The van der Waals surface area contributed by atoms with Gasteiger partial charge in [0.1, 0.15) is 5.82 Å². The zero-order valence-electron chi connectivity index (χ0n) is 15.7. The molecular formula is C21H24N4OS. The maximum absolute atomic E-state index is 13.0. The smallest absolute Gasteiger partial charge is 0.263 e. The van der Waals surface area contributed by atoms with Crippen LogP contribution in [0.4, 0.5) is 0 Å². The van der Waals surface area contributed by atoms with Crippen molar-refractivity contribution < 1.29 is 4.79 Å². The van der Waals surface area contributed by atoms with Crippen molar-refractivity contribution in [2.75, 3.05) is 13.1 Å². The summed E-state index contributed by atoms with van der Waals surface area (Å²) in [6.45, 7) is 5.73. The van der Waals surface area contributed by atoms with Crippen LogP contribution < -0.4 is 0 Å². The zero-order valence-corrected chi connectivity index (χ0v) is 16.6. The Morgan fingerprint density at radius 1 is 1.33 bits per heavy atom. The number of likely N-dealkylation sites (tertiary alicyclic amines) is 1. The molecule has 3 heterocycles. The van der Waals surface area contributed by atoms with E-state index in [0.29, 0.717) is 6.54 Å². The number of H-pyrrole nitrogens is 1. The summed E-state index contributed by atoms with van der Waals surface area (Å²) in [6.07, 6.45) is 2.99. The van der Waals surface area contributed by atoms with Crippen LogP contribution in [0.3, 0.4) is 0 Å². The highest BCUT2D eigenvalue weighted by Gasteiger charge is 2.28. The predicted molar refractivity (Wildman–Crippen MR) is 108 cm³/mol. The Morgan fingerprint density at radius 3 is 2.89 bits per heavy atom. The zero-order chi connectivity index (χ0) is 18.8. The fourth-order valence-corrected chi connectivity index (χ4v) is 4.77. The summed E-state index contributed by atoms with van der Waals surface area (Å²) in [4.78, 5) is 21.8. The number of nitrogens with zero attached hydrogens (tertiary/aromatic N) is 3. The van der Waals surface area contributed by atoms with E-state index in [4.69, 9.17) is 4.98 Å². The van der Waals surface area contributed by atoms with Crippen LogP contribution in [-0.4, -0.2) is 39.1 Å². The van der Waals surface area contributed by atoms with Gasteiger partial charge in [0.2, 0.25) is 0 Å². The lowest BCUT2D eigenvalue weighted by Gasteiger charge is -2.31. The number of aromatic amines is 1. The van der Waals surface area contributed by atoms with Crippen LogP contribution >= 0.6 is 11.3 Å². The first-order valence-electron chi connectivity index (χ1n) is 9.52. The average molecular weight is 381 g/mol. The molecule has 0 unspecified atom stereocenters. The number of nitrogens with one attached hydrogen (secondary N) is 1. The van der Waals surface area contributed by atoms with Gasteiger partial charge in [0.05, 0.1) is 4.88 Å². The lowest BCUT2D eigenvalue weighted by molar-refractivity contribution is 0.0709. The van der Waals surface area contributed by atoms with Crippen LogP contribution in [0.2, 0.25) is 0 Å². The van der Waals surface area contributed by atoms with Gasteiger partial charge in [-0.3, -0.25) is 9.89 Å². The van der Waals surface area contributed by atoms with Crippen molar-refractivity contribution in [3.63, 3.8) is 0 Å². The molecular weight excluding hydrogens is 356 g/mol. The quantitative estimate of drug-likeness (QED) is 0.729. The van der Waals surface area contributed by atoms with Gasteiger partial charge in [-0.1, -0.05) is 37.3 Å². The summed E-state index contributed by atoms with van der Waals surface area (Å²) in [5.74, 6) is 1.95. The summed E-state index contributed by atoms with van der Waals surface area (Å²) < 4.78 is 0. The van der Waals surface area contributed by atoms with Crippen LogP contribution in [0.1, 0.15) is 51.6 Å². The molecule has 1 amide bonds. The van der Waals surface area contributed by atoms with Crippen molar-refractivity contribution in [3.05, 3.63) is 57.5 Å². The average Bonchev–Trinajstić information content (AvgIpc) is 3.35. The topological polar surface area (TPSA) is 61.9 Å². The predicted octanol–water partition coefficient (Wildman–Crippen LogP) is 4.42. The van der Waals surface area contributed by atoms with Gasteiger partial charge in [-0.05, 0) is 37.8 Å². The van der Waals surface area contributed by atoms with Crippen molar-refractivity contribution in [1.82, 2.24) is 20.1 Å². The van der Waals surface area contributed by atoms with Crippen molar-refractivity contribution in [2.45, 2.75) is 39.0 Å². The molecule has 1 fully saturated rings. The van der Waals surface area contributed by atoms with E-state index in [2.05, 4.69) is 24.0 Å².